The zero-order valence-electron chi connectivity index (χ0n) is 11.4. The molecule has 0 aliphatic carbocycles. The van der Waals surface area contributed by atoms with Crippen LogP contribution in [0.25, 0.3) is 0 Å². The van der Waals surface area contributed by atoms with E-state index in [2.05, 4.69) is 30.1 Å². The van der Waals surface area contributed by atoms with Gasteiger partial charge in [0.1, 0.15) is 5.04 Å². The normalized spacial score (nSPS) is 20.0. The molecular weight excluding hydrogens is 324 g/mol. The summed E-state index contributed by atoms with van der Waals surface area (Å²) in [5.41, 5.74) is 3.26. The Balaban J connectivity index is 1.75. The van der Waals surface area contributed by atoms with Gasteiger partial charge in [0.15, 0.2) is 0 Å². The van der Waals surface area contributed by atoms with Crippen molar-refractivity contribution in [3.8, 4) is 0 Å². The van der Waals surface area contributed by atoms with Crippen LogP contribution in [0.2, 0.25) is 0 Å². The number of benzene rings is 1. The number of nitrogens with zero attached hydrogens (tertiary/aromatic N) is 2. The van der Waals surface area contributed by atoms with Crippen LogP contribution >= 0.6 is 33.3 Å². The van der Waals surface area contributed by atoms with Crippen LogP contribution in [0.3, 0.4) is 0 Å². The Morgan fingerprint density at radius 1 is 1.52 bits per heavy atom. The maximum absolute atomic E-state index is 10.4. The first-order valence-corrected chi connectivity index (χ1v) is 9.90. The molecule has 0 aromatic heterocycles. The van der Waals surface area contributed by atoms with Crippen LogP contribution < -0.4 is 0 Å². The van der Waals surface area contributed by atoms with Gasteiger partial charge in [0, 0.05) is 17.1 Å². The summed E-state index contributed by atoms with van der Waals surface area (Å²) in [6.45, 7) is 2.60. The van der Waals surface area contributed by atoms with Gasteiger partial charge in [-0.3, -0.25) is 4.79 Å². The number of hydrogen-bond donors (Lipinski definition) is 0. The van der Waals surface area contributed by atoms with Gasteiger partial charge in [-0.25, -0.2) is 9.98 Å². The highest BCUT2D eigenvalue weighted by molar-refractivity contribution is 8.76. The first kappa shape index (κ1) is 15.0. The van der Waals surface area contributed by atoms with E-state index in [-0.39, 0.29) is 6.23 Å². The zero-order chi connectivity index (χ0) is 14.7. The van der Waals surface area contributed by atoms with E-state index in [0.29, 0.717) is 12.2 Å². The van der Waals surface area contributed by atoms with Gasteiger partial charge in [0.2, 0.25) is 6.23 Å². The maximum atomic E-state index is 10.4. The highest BCUT2D eigenvalue weighted by atomic mass is 33.1. The van der Waals surface area contributed by atoms with Crippen LogP contribution in [-0.4, -0.2) is 35.0 Å². The van der Waals surface area contributed by atoms with Crippen LogP contribution in [0.5, 0.6) is 0 Å². The molecule has 1 aromatic carbocycles. The third kappa shape index (κ3) is 3.46. The van der Waals surface area contributed by atoms with Crippen LogP contribution in [0, 0.1) is 0 Å². The Labute approximate surface area is 135 Å². The van der Waals surface area contributed by atoms with E-state index < -0.39 is 0 Å². The van der Waals surface area contributed by atoms with Crippen molar-refractivity contribution < 1.29 is 9.53 Å². The second kappa shape index (κ2) is 6.89. The summed E-state index contributed by atoms with van der Waals surface area (Å²) < 4.78 is 4.88. The van der Waals surface area contributed by atoms with Gasteiger partial charge < -0.3 is 4.74 Å². The fraction of sp³-hybridized carbons (Fsp3) is 0.357. The molecule has 0 spiro atoms. The Morgan fingerprint density at radius 3 is 3.24 bits per heavy atom. The Hall–Kier alpha value is -0.920. The molecule has 0 saturated carbocycles. The number of aliphatic imine (C=N–C) groups is 2. The lowest BCUT2D eigenvalue weighted by Gasteiger charge is -2.01. The Morgan fingerprint density at radius 2 is 2.43 bits per heavy atom. The van der Waals surface area contributed by atoms with Crippen molar-refractivity contribution in [2.75, 3.05) is 11.5 Å². The SMILES string of the molecule is CCSSc1ccc2c(c1)N=C(C1=NC(OC=O)CS1)C2. The van der Waals surface area contributed by atoms with Crippen molar-refractivity contribution in [1.29, 1.82) is 0 Å². The largest absolute Gasteiger partial charge is 0.441 e. The molecular formula is C14H14N2O2S3. The molecule has 110 valence electrons. The van der Waals surface area contributed by atoms with Crippen LogP contribution in [0.4, 0.5) is 5.69 Å². The molecule has 0 fully saturated rings. The van der Waals surface area contributed by atoms with Gasteiger partial charge in [-0.1, -0.05) is 46.3 Å². The second-order valence-electron chi connectivity index (χ2n) is 4.45. The number of thioether (sulfide) groups is 1. The van der Waals surface area contributed by atoms with E-state index in [1.807, 2.05) is 10.8 Å². The predicted molar refractivity (Wildman–Crippen MR) is 92.1 cm³/mol. The van der Waals surface area contributed by atoms with Crippen molar-refractivity contribution in [2.24, 2.45) is 9.98 Å². The lowest BCUT2D eigenvalue weighted by Crippen LogP contribution is -2.09. The monoisotopic (exact) mass is 338 g/mol. The molecule has 0 amide bonds. The molecule has 2 heterocycles. The fourth-order valence-corrected chi connectivity index (χ4v) is 4.65. The van der Waals surface area contributed by atoms with E-state index >= 15 is 0 Å². The number of carbonyl (C=O) groups excluding carboxylic acids is 1. The molecule has 0 N–H and O–H groups in total. The van der Waals surface area contributed by atoms with E-state index in [4.69, 9.17) is 9.73 Å². The minimum absolute atomic E-state index is 0.360. The third-order valence-electron chi connectivity index (χ3n) is 3.03. The van der Waals surface area contributed by atoms with Gasteiger partial charge in [0.25, 0.3) is 6.47 Å². The average Bonchev–Trinajstić information content (AvgIpc) is 3.11. The van der Waals surface area contributed by atoms with Crippen molar-refractivity contribution >= 4 is 56.3 Å². The third-order valence-corrected chi connectivity index (χ3v) is 6.53. The molecule has 7 heteroatoms. The average molecular weight is 338 g/mol. The van der Waals surface area contributed by atoms with Crippen LogP contribution in [0.1, 0.15) is 12.5 Å². The summed E-state index contributed by atoms with van der Waals surface area (Å²) in [6, 6.07) is 6.42. The van der Waals surface area contributed by atoms with E-state index in [0.717, 1.165) is 28.6 Å². The van der Waals surface area contributed by atoms with Gasteiger partial charge in [-0.2, -0.15) is 0 Å². The number of ether oxygens (including phenoxy) is 1. The topological polar surface area (TPSA) is 51.0 Å². The maximum Gasteiger partial charge on any atom is 0.295 e. The Kier molecular flexibility index (Phi) is 4.92. The van der Waals surface area contributed by atoms with Crippen molar-refractivity contribution in [3.63, 3.8) is 0 Å². The van der Waals surface area contributed by atoms with E-state index in [1.54, 1.807) is 22.6 Å². The summed E-state index contributed by atoms with van der Waals surface area (Å²) in [7, 11) is 3.61. The predicted octanol–water partition coefficient (Wildman–Crippen LogP) is 3.72. The van der Waals surface area contributed by atoms with Gasteiger partial charge in [0.05, 0.1) is 17.2 Å². The summed E-state index contributed by atoms with van der Waals surface area (Å²) in [6.07, 6.45) is 0.446. The van der Waals surface area contributed by atoms with Crippen molar-refractivity contribution in [1.82, 2.24) is 0 Å². The van der Waals surface area contributed by atoms with Crippen molar-refractivity contribution in [2.45, 2.75) is 24.5 Å². The van der Waals surface area contributed by atoms with Crippen molar-refractivity contribution in [3.05, 3.63) is 23.8 Å². The number of hydrogen-bond acceptors (Lipinski definition) is 7. The van der Waals surface area contributed by atoms with Gasteiger partial charge in [-0.15, -0.1) is 0 Å². The molecule has 0 radical (unpaired) electrons. The lowest BCUT2D eigenvalue weighted by atomic mass is 10.1. The Bertz CT molecular complexity index is 616. The zero-order valence-corrected chi connectivity index (χ0v) is 13.9. The number of carbonyl (C=O) groups is 1. The molecule has 0 bridgehead atoms. The summed E-state index contributed by atoms with van der Waals surface area (Å²) in [5.74, 6) is 1.76. The van der Waals surface area contributed by atoms with Crippen LogP contribution in [-0.2, 0) is 16.0 Å². The fourth-order valence-electron chi connectivity index (χ4n) is 2.11. The molecule has 0 saturated heterocycles. The highest BCUT2D eigenvalue weighted by Crippen LogP contribution is 2.37. The molecule has 1 unspecified atom stereocenters. The molecule has 2 aliphatic heterocycles. The smallest absolute Gasteiger partial charge is 0.295 e. The quantitative estimate of drug-likeness (QED) is 0.584. The molecule has 1 aromatic rings. The standard InChI is InChI=1S/C14H14N2O2S3/c1-2-20-21-10-4-3-9-5-12(15-11(9)6-10)14-16-13(7-19-14)18-8-17/h3-4,6,8,13H,2,5,7H2,1H3. The number of fused-ring (bicyclic) bond motifs is 1. The summed E-state index contributed by atoms with van der Waals surface area (Å²) in [5, 5.41) is 0.898. The highest BCUT2D eigenvalue weighted by Gasteiger charge is 2.26. The van der Waals surface area contributed by atoms with Gasteiger partial charge >= 0.3 is 0 Å². The minimum atomic E-state index is -0.360. The lowest BCUT2D eigenvalue weighted by molar-refractivity contribution is -0.132. The molecule has 21 heavy (non-hydrogen) atoms. The second-order valence-corrected chi connectivity index (χ2v) is 8.11. The first-order valence-electron chi connectivity index (χ1n) is 6.60. The molecule has 1 atom stereocenters. The van der Waals surface area contributed by atoms with Gasteiger partial charge in [-0.05, 0) is 17.7 Å². The molecule has 3 rings (SSSR count). The number of rotatable bonds is 6. The molecule has 2 aliphatic rings. The minimum Gasteiger partial charge on any atom is -0.441 e. The van der Waals surface area contributed by atoms with E-state index in [9.17, 15) is 4.79 Å². The summed E-state index contributed by atoms with van der Waals surface area (Å²) in [4.78, 5) is 20.7. The van der Waals surface area contributed by atoms with Crippen LogP contribution in [0.15, 0.2) is 33.1 Å². The summed E-state index contributed by atoms with van der Waals surface area (Å²) >= 11 is 1.60. The molecule has 4 nitrogen and oxygen atoms in total. The van der Waals surface area contributed by atoms with E-state index in [1.165, 1.54) is 10.5 Å². The first-order chi connectivity index (χ1) is 10.3.